The van der Waals surface area contributed by atoms with Crippen LogP contribution in [0.5, 0.6) is 0 Å². The van der Waals surface area contributed by atoms with Gasteiger partial charge in [-0.3, -0.25) is 0 Å². The lowest BCUT2D eigenvalue weighted by atomic mass is 9.83. The summed E-state index contributed by atoms with van der Waals surface area (Å²) in [6, 6.07) is 67.4. The first-order valence-electron chi connectivity index (χ1n) is 17.6. The first kappa shape index (κ1) is 28.5. The van der Waals surface area contributed by atoms with Gasteiger partial charge in [-0.1, -0.05) is 176 Å². The minimum Gasteiger partial charge on any atom is -0.135 e. The third kappa shape index (κ3) is 4.26. The fourth-order valence-corrected chi connectivity index (χ4v) is 9.87. The van der Waals surface area contributed by atoms with Gasteiger partial charge in [0, 0.05) is 20.2 Å². The lowest BCUT2D eigenvalue weighted by Crippen LogP contribution is -1.93. The summed E-state index contributed by atoms with van der Waals surface area (Å²) in [5.41, 5.74) is 7.64. The topological polar surface area (TPSA) is 0 Å². The quantitative estimate of drug-likeness (QED) is 0.165. The van der Waals surface area contributed by atoms with Gasteiger partial charge in [-0.15, -0.1) is 11.3 Å². The zero-order valence-corrected chi connectivity index (χ0v) is 28.5. The Balaban J connectivity index is 1.16. The molecule has 0 aliphatic heterocycles. The van der Waals surface area contributed by atoms with Crippen molar-refractivity contribution in [2.24, 2.45) is 0 Å². The molecule has 0 saturated heterocycles. The molecule has 1 heteroatoms. The summed E-state index contributed by atoms with van der Waals surface area (Å²) >= 11 is 1.91. The number of fused-ring (bicyclic) bond motifs is 9. The highest BCUT2D eigenvalue weighted by atomic mass is 32.1. The summed E-state index contributed by atoms with van der Waals surface area (Å²) in [7, 11) is 0. The Morgan fingerprint density at radius 3 is 1.41 bits per heavy atom. The van der Waals surface area contributed by atoms with Crippen LogP contribution in [0.1, 0.15) is 0 Å². The molecule has 1 aromatic heterocycles. The van der Waals surface area contributed by atoms with Gasteiger partial charge in [-0.2, -0.15) is 0 Å². The molecule has 0 unspecified atom stereocenters. The molecule has 11 rings (SSSR count). The Kier molecular flexibility index (Phi) is 6.22. The normalized spacial score (nSPS) is 11.9. The van der Waals surface area contributed by atoms with Gasteiger partial charge in [-0.25, -0.2) is 0 Å². The van der Waals surface area contributed by atoms with E-state index in [4.69, 9.17) is 0 Å². The molecule has 0 fully saturated rings. The van der Waals surface area contributed by atoms with Crippen molar-refractivity contribution in [3.8, 4) is 33.4 Å². The Morgan fingerprint density at radius 1 is 0.275 bits per heavy atom. The molecule has 0 bridgehead atoms. The largest absolute Gasteiger partial charge is 0.135 e. The molecule has 0 N–H and O–H groups in total. The number of benzene rings is 10. The van der Waals surface area contributed by atoms with Gasteiger partial charge in [0.2, 0.25) is 0 Å². The van der Waals surface area contributed by atoms with Gasteiger partial charge >= 0.3 is 0 Å². The van der Waals surface area contributed by atoms with Crippen LogP contribution in [0.2, 0.25) is 0 Å². The maximum atomic E-state index is 2.40. The molecule has 0 nitrogen and oxygen atoms in total. The average Bonchev–Trinajstić information content (AvgIpc) is 3.58. The summed E-state index contributed by atoms with van der Waals surface area (Å²) < 4.78 is 2.69. The zero-order valence-electron chi connectivity index (χ0n) is 27.7. The van der Waals surface area contributed by atoms with Gasteiger partial charge in [-0.05, 0) is 93.3 Å². The van der Waals surface area contributed by atoms with Crippen LogP contribution < -0.4 is 0 Å². The molecule has 0 amide bonds. The molecule has 0 radical (unpaired) electrons. The predicted octanol–water partition coefficient (Wildman–Crippen LogP) is 14.8. The van der Waals surface area contributed by atoms with E-state index in [0.717, 1.165) is 0 Å². The standard InChI is InChI=1S/C50H30S/c1-3-15-34-31(12-1)14-11-23-40(34)48-41-19-7-9-21-43(41)49(44-22-10-8-20-42(44)48)45-29-28-35(37-17-5-6-18-38(37)45)33-25-26-39-46-27-24-32-13-2-4-16-36(32)50(46)51-47(39)30-33/h1-30H. The number of hydrogen-bond donors (Lipinski definition) is 0. The van der Waals surface area contributed by atoms with Crippen LogP contribution in [0.15, 0.2) is 182 Å². The number of hydrogen-bond acceptors (Lipinski definition) is 1. The van der Waals surface area contributed by atoms with Crippen LogP contribution in [0.3, 0.4) is 0 Å². The highest BCUT2D eigenvalue weighted by molar-refractivity contribution is 7.26. The van der Waals surface area contributed by atoms with E-state index in [1.165, 1.54) is 107 Å². The molecule has 0 aliphatic carbocycles. The van der Waals surface area contributed by atoms with E-state index in [-0.39, 0.29) is 0 Å². The molecule has 0 atom stereocenters. The zero-order chi connectivity index (χ0) is 33.5. The fourth-order valence-electron chi connectivity index (χ4n) is 8.59. The van der Waals surface area contributed by atoms with Crippen LogP contribution in [-0.2, 0) is 0 Å². The Morgan fingerprint density at radius 2 is 0.745 bits per heavy atom. The second kappa shape index (κ2) is 11.1. The third-order valence-corrected chi connectivity index (χ3v) is 12.1. The Bertz CT molecular complexity index is 3130. The van der Waals surface area contributed by atoms with Crippen LogP contribution >= 0.6 is 11.3 Å². The Hall–Kier alpha value is -6.28. The highest BCUT2D eigenvalue weighted by Crippen LogP contribution is 2.48. The van der Waals surface area contributed by atoms with Crippen molar-refractivity contribution in [1.29, 1.82) is 0 Å². The maximum Gasteiger partial charge on any atom is 0.0433 e. The van der Waals surface area contributed by atoms with Crippen LogP contribution in [0, 0.1) is 0 Å². The summed E-state index contributed by atoms with van der Waals surface area (Å²) in [6.07, 6.45) is 0. The third-order valence-electron chi connectivity index (χ3n) is 10.9. The van der Waals surface area contributed by atoms with E-state index in [1.54, 1.807) is 0 Å². The van der Waals surface area contributed by atoms with Gasteiger partial charge in [0.1, 0.15) is 0 Å². The van der Waals surface area contributed by atoms with Gasteiger partial charge in [0.05, 0.1) is 0 Å². The first-order chi connectivity index (χ1) is 25.3. The molecule has 0 spiro atoms. The van der Waals surface area contributed by atoms with Crippen molar-refractivity contribution in [3.05, 3.63) is 182 Å². The number of rotatable bonds is 3. The summed E-state index contributed by atoms with van der Waals surface area (Å²) in [4.78, 5) is 0. The van der Waals surface area contributed by atoms with Crippen molar-refractivity contribution in [3.63, 3.8) is 0 Å². The van der Waals surface area contributed by atoms with E-state index in [1.807, 2.05) is 11.3 Å². The minimum absolute atomic E-state index is 1.25. The first-order valence-corrected chi connectivity index (χ1v) is 18.4. The second-order valence-electron chi connectivity index (χ2n) is 13.6. The van der Waals surface area contributed by atoms with Gasteiger partial charge < -0.3 is 0 Å². The van der Waals surface area contributed by atoms with Crippen LogP contribution in [0.25, 0.3) is 107 Å². The van der Waals surface area contributed by atoms with Crippen LogP contribution in [-0.4, -0.2) is 0 Å². The molecule has 1 heterocycles. The monoisotopic (exact) mass is 662 g/mol. The molecule has 0 saturated carbocycles. The van der Waals surface area contributed by atoms with Crippen molar-refractivity contribution >= 4 is 85.4 Å². The molecule has 11 aromatic rings. The molecule has 10 aromatic carbocycles. The van der Waals surface area contributed by atoms with Crippen molar-refractivity contribution < 1.29 is 0 Å². The smallest absolute Gasteiger partial charge is 0.0433 e. The SMILES string of the molecule is c1ccc2c(-c3c4ccccc4c(-c4ccc(-c5ccc6c(c5)sc5c7ccccc7ccc65)c5ccccc45)c4ccccc34)cccc2c1. The second-order valence-corrected chi connectivity index (χ2v) is 14.6. The Labute approximate surface area is 299 Å². The molecular weight excluding hydrogens is 633 g/mol. The van der Waals surface area contributed by atoms with Gasteiger partial charge in [0.15, 0.2) is 0 Å². The lowest BCUT2D eigenvalue weighted by molar-refractivity contribution is 1.67. The molecule has 0 aliphatic rings. The maximum absolute atomic E-state index is 2.40. The van der Waals surface area contributed by atoms with Crippen molar-refractivity contribution in [1.82, 2.24) is 0 Å². The highest BCUT2D eigenvalue weighted by Gasteiger charge is 2.20. The number of thiophene rings is 1. The van der Waals surface area contributed by atoms with E-state index < -0.39 is 0 Å². The molecule has 51 heavy (non-hydrogen) atoms. The summed E-state index contributed by atoms with van der Waals surface area (Å²) in [6.45, 7) is 0. The molecular formula is C50H30S. The predicted molar refractivity (Wildman–Crippen MR) is 223 cm³/mol. The van der Waals surface area contributed by atoms with E-state index in [2.05, 4.69) is 182 Å². The summed E-state index contributed by atoms with van der Waals surface area (Å²) in [5, 5.41) is 15.5. The molecule has 236 valence electrons. The van der Waals surface area contributed by atoms with Gasteiger partial charge in [0.25, 0.3) is 0 Å². The minimum atomic E-state index is 1.25. The van der Waals surface area contributed by atoms with E-state index in [9.17, 15) is 0 Å². The van der Waals surface area contributed by atoms with E-state index >= 15 is 0 Å². The lowest BCUT2D eigenvalue weighted by Gasteiger charge is -2.20. The average molecular weight is 663 g/mol. The van der Waals surface area contributed by atoms with E-state index in [0.29, 0.717) is 0 Å². The summed E-state index contributed by atoms with van der Waals surface area (Å²) in [5.74, 6) is 0. The fraction of sp³-hybridized carbons (Fsp3) is 0. The van der Waals surface area contributed by atoms with Crippen molar-refractivity contribution in [2.45, 2.75) is 0 Å². The van der Waals surface area contributed by atoms with Crippen LogP contribution in [0.4, 0.5) is 0 Å². The van der Waals surface area contributed by atoms with Crippen molar-refractivity contribution in [2.75, 3.05) is 0 Å².